The van der Waals surface area contributed by atoms with Gasteiger partial charge in [0.1, 0.15) is 6.10 Å². The lowest BCUT2D eigenvalue weighted by molar-refractivity contribution is -0.450. The van der Waals surface area contributed by atoms with Crippen LogP contribution in [0.5, 0.6) is 0 Å². The lowest BCUT2D eigenvalue weighted by Gasteiger charge is -2.74. The first-order chi connectivity index (χ1) is 13.4. The van der Waals surface area contributed by atoms with E-state index in [4.69, 9.17) is 14.2 Å². The summed E-state index contributed by atoms with van der Waals surface area (Å²) in [5.41, 5.74) is -1.44. The second-order valence-corrected chi connectivity index (χ2v) is 11.7. The molecule has 2 N–H and O–H groups in total. The molecule has 7 aliphatic rings. The van der Waals surface area contributed by atoms with Gasteiger partial charge in [0.05, 0.1) is 24.2 Å². The smallest absolute Gasteiger partial charge is 0.205 e. The van der Waals surface area contributed by atoms with Crippen LogP contribution in [-0.2, 0) is 19.0 Å². The van der Waals surface area contributed by atoms with Crippen LogP contribution < -0.4 is 0 Å². The molecule has 0 unspecified atom stereocenters. The van der Waals surface area contributed by atoms with Crippen molar-refractivity contribution in [1.29, 1.82) is 0 Å². The van der Waals surface area contributed by atoms with Crippen molar-refractivity contribution in [1.82, 2.24) is 0 Å². The summed E-state index contributed by atoms with van der Waals surface area (Å²) in [6.45, 7) is 12.6. The Morgan fingerprint density at radius 3 is 2.59 bits per heavy atom. The first kappa shape index (κ1) is 18.9. The minimum atomic E-state index is -1.91. The molecule has 2 spiro atoms. The molecule has 3 aliphatic heterocycles. The van der Waals surface area contributed by atoms with Crippen LogP contribution in [0.4, 0.5) is 0 Å². The van der Waals surface area contributed by atoms with Crippen molar-refractivity contribution in [2.24, 2.45) is 34.0 Å². The second-order valence-electron chi connectivity index (χ2n) is 11.7. The molecule has 3 heterocycles. The van der Waals surface area contributed by atoms with Crippen LogP contribution in [0.3, 0.4) is 0 Å². The topological polar surface area (TPSA) is 85.2 Å². The zero-order chi connectivity index (χ0) is 20.8. The van der Waals surface area contributed by atoms with Crippen LogP contribution in [0.15, 0.2) is 12.2 Å². The van der Waals surface area contributed by atoms with Crippen molar-refractivity contribution >= 4 is 5.78 Å². The summed E-state index contributed by atoms with van der Waals surface area (Å²) in [5.74, 6) is -3.39. The molecule has 4 bridgehead atoms. The number of carbonyl (C=O) groups excluding carboxylic acids is 1. The average Bonchev–Trinajstić information content (AvgIpc) is 2.75. The third-order valence-corrected chi connectivity index (χ3v) is 9.59. The first-order valence-corrected chi connectivity index (χ1v) is 11.0. The molecule has 6 nitrogen and oxygen atoms in total. The Bertz CT molecular complexity index is 833. The normalized spacial score (nSPS) is 58.7. The van der Waals surface area contributed by atoms with Gasteiger partial charge in [-0.1, -0.05) is 20.4 Å². The van der Waals surface area contributed by atoms with Crippen molar-refractivity contribution in [2.75, 3.05) is 6.61 Å². The maximum Gasteiger partial charge on any atom is 0.205 e. The van der Waals surface area contributed by atoms with E-state index < -0.39 is 28.5 Å². The van der Waals surface area contributed by atoms with Crippen molar-refractivity contribution in [3.63, 3.8) is 0 Å². The highest BCUT2D eigenvalue weighted by Gasteiger charge is 2.86. The van der Waals surface area contributed by atoms with E-state index in [1.807, 2.05) is 13.8 Å². The fourth-order valence-electron chi connectivity index (χ4n) is 8.84. The Morgan fingerprint density at radius 2 is 1.86 bits per heavy atom. The van der Waals surface area contributed by atoms with Gasteiger partial charge < -0.3 is 24.4 Å². The highest BCUT2D eigenvalue weighted by atomic mass is 16.7. The molecule has 4 saturated carbocycles. The minimum Gasteiger partial charge on any atom is -0.387 e. The minimum absolute atomic E-state index is 0.0540. The van der Waals surface area contributed by atoms with Gasteiger partial charge >= 0.3 is 0 Å². The van der Waals surface area contributed by atoms with Crippen molar-refractivity contribution in [3.8, 4) is 0 Å². The number of aliphatic hydroxyl groups excluding tert-OH is 1. The van der Waals surface area contributed by atoms with Gasteiger partial charge in [0.15, 0.2) is 11.6 Å². The van der Waals surface area contributed by atoms with E-state index in [0.29, 0.717) is 18.4 Å². The van der Waals surface area contributed by atoms with Gasteiger partial charge in [0.25, 0.3) is 0 Å². The van der Waals surface area contributed by atoms with E-state index in [0.717, 1.165) is 12.8 Å². The molecule has 0 aromatic carbocycles. The molecule has 6 heteroatoms. The first-order valence-electron chi connectivity index (χ1n) is 11.0. The number of allylic oxidation sites excluding steroid dienone is 1. The molecule has 7 fully saturated rings. The largest absolute Gasteiger partial charge is 0.387 e. The Labute approximate surface area is 171 Å². The zero-order valence-electron chi connectivity index (χ0n) is 17.7. The van der Waals surface area contributed by atoms with Crippen LogP contribution >= 0.6 is 0 Å². The monoisotopic (exact) mass is 404 g/mol. The fraction of sp³-hybridized carbons (Fsp3) is 0.870. The standard InChI is InChI=1S/C23H32O6/c1-11-12-8-13-15-21-10-27-23(26,22(15,9-12)17(11)24)18(25)16(21)19(2,3)7-6-14(21)29-20(4,5)28-13/h12-16,18,25-26H,1,6-10H2,2-5H3/t12-,13+,14+,15+,16-,18+,21+,22+,23+/m1/s1. The molecule has 0 amide bonds. The number of ether oxygens (including phenoxy) is 3. The molecule has 4 aliphatic carbocycles. The van der Waals surface area contributed by atoms with Gasteiger partial charge in [-0.15, -0.1) is 0 Å². The summed E-state index contributed by atoms with van der Waals surface area (Å²) in [4.78, 5) is 13.7. The van der Waals surface area contributed by atoms with Gasteiger partial charge in [-0.3, -0.25) is 4.79 Å². The van der Waals surface area contributed by atoms with Crippen molar-refractivity contribution in [2.45, 2.75) is 83.3 Å². The highest BCUT2D eigenvalue weighted by molar-refractivity contribution is 6.04. The molecular formula is C23H32O6. The summed E-state index contributed by atoms with van der Waals surface area (Å²) in [5, 5.41) is 23.6. The Balaban J connectivity index is 1.68. The fourth-order valence-corrected chi connectivity index (χ4v) is 8.84. The molecule has 160 valence electrons. The number of carbonyl (C=O) groups is 1. The predicted molar refractivity (Wildman–Crippen MR) is 102 cm³/mol. The maximum absolute atomic E-state index is 13.7. The van der Waals surface area contributed by atoms with E-state index in [-0.39, 0.29) is 47.8 Å². The number of hydrogen-bond acceptors (Lipinski definition) is 6. The van der Waals surface area contributed by atoms with Gasteiger partial charge in [-0.2, -0.15) is 0 Å². The molecule has 0 radical (unpaired) electrons. The molecule has 0 aromatic rings. The average molecular weight is 405 g/mol. The van der Waals surface area contributed by atoms with E-state index in [9.17, 15) is 15.0 Å². The van der Waals surface area contributed by atoms with Crippen LogP contribution in [-0.4, -0.2) is 52.5 Å². The van der Waals surface area contributed by atoms with Gasteiger partial charge in [-0.05, 0) is 56.4 Å². The molecular weight excluding hydrogens is 372 g/mol. The molecule has 0 aromatic heterocycles. The van der Waals surface area contributed by atoms with Gasteiger partial charge in [-0.25, -0.2) is 0 Å². The summed E-state index contributed by atoms with van der Waals surface area (Å²) in [7, 11) is 0. The Morgan fingerprint density at radius 1 is 1.14 bits per heavy atom. The zero-order valence-corrected chi connectivity index (χ0v) is 17.7. The molecule has 7 rings (SSSR count). The van der Waals surface area contributed by atoms with E-state index in [1.165, 1.54) is 0 Å². The summed E-state index contributed by atoms with van der Waals surface area (Å²) < 4.78 is 19.3. The Kier molecular flexibility index (Phi) is 3.26. The SMILES string of the molecule is C=C1C(=O)[C@@]23C[C@H]1C[C@@H]1OC(C)(C)O[C@H]4CCC(C)(C)[C@H]5[C@H](O)[C@]2(O)OC[C@@]45[C@H]13. The number of aliphatic hydroxyl groups is 2. The van der Waals surface area contributed by atoms with Crippen LogP contribution in [0.2, 0.25) is 0 Å². The quantitative estimate of drug-likeness (QED) is 0.602. The van der Waals surface area contributed by atoms with Gasteiger partial charge in [0, 0.05) is 17.3 Å². The van der Waals surface area contributed by atoms with Crippen LogP contribution in [0.25, 0.3) is 0 Å². The van der Waals surface area contributed by atoms with Crippen LogP contribution in [0.1, 0.15) is 53.4 Å². The lowest BCUT2D eigenvalue weighted by Crippen LogP contribution is -2.84. The number of hydrogen-bond donors (Lipinski definition) is 2. The summed E-state index contributed by atoms with van der Waals surface area (Å²) in [6, 6.07) is 0. The second kappa shape index (κ2) is 4.99. The van der Waals surface area contributed by atoms with E-state index in [1.54, 1.807) is 0 Å². The van der Waals surface area contributed by atoms with Crippen LogP contribution in [0, 0.1) is 34.0 Å². The maximum atomic E-state index is 13.7. The van der Waals surface area contributed by atoms with Crippen molar-refractivity contribution < 1.29 is 29.2 Å². The highest BCUT2D eigenvalue weighted by Crippen LogP contribution is 2.77. The van der Waals surface area contributed by atoms with Crippen molar-refractivity contribution in [3.05, 3.63) is 12.2 Å². The number of fused-ring (bicyclic) bond motifs is 2. The molecule has 3 saturated heterocycles. The summed E-state index contributed by atoms with van der Waals surface area (Å²) in [6.07, 6.45) is 1.30. The molecule has 29 heavy (non-hydrogen) atoms. The Hall–Kier alpha value is -0.790. The lowest BCUT2D eigenvalue weighted by atomic mass is 9.35. The number of Topliss-reactive ketones (excluding diaryl/α,β-unsaturated/α-hetero) is 1. The third-order valence-electron chi connectivity index (χ3n) is 9.59. The summed E-state index contributed by atoms with van der Waals surface area (Å²) >= 11 is 0. The van der Waals surface area contributed by atoms with E-state index >= 15 is 0 Å². The number of rotatable bonds is 0. The third kappa shape index (κ3) is 1.79. The van der Waals surface area contributed by atoms with Gasteiger partial charge in [0.2, 0.25) is 5.79 Å². The molecule has 9 atom stereocenters. The predicted octanol–water partition coefficient (Wildman–Crippen LogP) is 2.17. The number of ketones is 1. The van der Waals surface area contributed by atoms with E-state index in [2.05, 4.69) is 20.4 Å².